The Balaban J connectivity index is 2.06. The van der Waals surface area contributed by atoms with Crippen LogP contribution in [0, 0.1) is 0 Å². The zero-order chi connectivity index (χ0) is 9.54. The summed E-state index contributed by atoms with van der Waals surface area (Å²) in [6, 6.07) is 9.17. The fourth-order valence-corrected chi connectivity index (χ4v) is 3.17. The van der Waals surface area contributed by atoms with Crippen molar-refractivity contribution >= 4 is 17.4 Å². The molecule has 70 valence electrons. The molecule has 2 aliphatic carbocycles. The number of nitrogens with zero attached hydrogens (tertiary/aromatic N) is 1. The maximum atomic E-state index is 4.69. The van der Waals surface area contributed by atoms with Crippen LogP contribution >= 0.6 is 12.2 Å². The number of aliphatic imine (C=N–C) groups is 1. The van der Waals surface area contributed by atoms with E-state index in [1.54, 1.807) is 5.56 Å². The summed E-state index contributed by atoms with van der Waals surface area (Å²) in [7, 11) is 0. The lowest BCUT2D eigenvalue weighted by molar-refractivity contribution is 0.601. The van der Waals surface area contributed by atoms with Crippen LogP contribution in [0.5, 0.6) is 0 Å². The maximum absolute atomic E-state index is 4.69. The molecular weight excluding hydrogens is 190 g/mol. The molecule has 1 fully saturated rings. The fourth-order valence-electron chi connectivity index (χ4n) is 3.03. The van der Waals surface area contributed by atoms with Crippen LogP contribution in [0.15, 0.2) is 29.3 Å². The Bertz CT molecular complexity index is 420. The third-order valence-electron chi connectivity index (χ3n) is 3.58. The minimum atomic E-state index is 0.410. The van der Waals surface area contributed by atoms with Gasteiger partial charge in [0.1, 0.15) is 0 Å². The van der Waals surface area contributed by atoms with Crippen LogP contribution in [0.3, 0.4) is 0 Å². The van der Waals surface area contributed by atoms with Crippen molar-refractivity contribution < 1.29 is 0 Å². The molecule has 2 heteroatoms. The molecule has 0 amide bonds. The molecule has 1 nitrogen and oxygen atoms in total. The monoisotopic (exact) mass is 201 g/mol. The van der Waals surface area contributed by atoms with Gasteiger partial charge in [0.25, 0.3) is 0 Å². The first-order chi connectivity index (χ1) is 6.90. The zero-order valence-corrected chi connectivity index (χ0v) is 8.63. The normalized spacial score (nSPS) is 32.4. The number of hydrogen-bond acceptors (Lipinski definition) is 2. The van der Waals surface area contributed by atoms with E-state index in [1.165, 1.54) is 18.4 Å². The molecule has 0 aliphatic heterocycles. The number of fused-ring (bicyclic) bond motifs is 5. The molecule has 3 atom stereocenters. The Labute approximate surface area is 88.9 Å². The Hall–Kier alpha value is -0.980. The fraction of sp³-hybridized carbons (Fsp3) is 0.417. The van der Waals surface area contributed by atoms with Gasteiger partial charge in [0.05, 0.1) is 11.2 Å². The van der Waals surface area contributed by atoms with Gasteiger partial charge in [-0.25, -0.2) is 4.99 Å². The van der Waals surface area contributed by atoms with Crippen LogP contribution in [0.25, 0.3) is 0 Å². The molecule has 1 aromatic rings. The van der Waals surface area contributed by atoms with E-state index in [0.29, 0.717) is 12.0 Å². The Morgan fingerprint density at radius 1 is 1.21 bits per heavy atom. The van der Waals surface area contributed by atoms with Gasteiger partial charge in [-0.3, -0.25) is 0 Å². The van der Waals surface area contributed by atoms with Crippen LogP contribution in [0.4, 0.5) is 0 Å². The molecule has 0 heterocycles. The van der Waals surface area contributed by atoms with Crippen molar-refractivity contribution in [2.24, 2.45) is 4.99 Å². The lowest BCUT2D eigenvalue weighted by atomic mass is 9.89. The van der Waals surface area contributed by atoms with E-state index >= 15 is 0 Å². The lowest BCUT2D eigenvalue weighted by Crippen LogP contribution is -2.13. The summed E-state index contributed by atoms with van der Waals surface area (Å²) < 4.78 is 0. The molecule has 3 rings (SSSR count). The van der Waals surface area contributed by atoms with Crippen molar-refractivity contribution in [1.29, 1.82) is 0 Å². The third-order valence-corrected chi connectivity index (χ3v) is 3.69. The smallest absolute Gasteiger partial charge is 0.0677 e. The first-order valence-corrected chi connectivity index (χ1v) is 5.47. The highest BCUT2D eigenvalue weighted by molar-refractivity contribution is 7.78. The molecule has 14 heavy (non-hydrogen) atoms. The molecular formula is C12H11NS. The van der Waals surface area contributed by atoms with Crippen LogP contribution in [0.1, 0.15) is 35.8 Å². The van der Waals surface area contributed by atoms with E-state index in [1.807, 2.05) is 0 Å². The summed E-state index contributed by atoms with van der Waals surface area (Å²) in [5.41, 5.74) is 3.05. The summed E-state index contributed by atoms with van der Waals surface area (Å²) in [5.74, 6) is 1.35. The molecule has 0 spiro atoms. The molecule has 2 bridgehead atoms. The van der Waals surface area contributed by atoms with Gasteiger partial charge in [-0.1, -0.05) is 24.3 Å². The van der Waals surface area contributed by atoms with Crippen LogP contribution in [0.2, 0.25) is 0 Å². The lowest BCUT2D eigenvalue weighted by Gasteiger charge is -2.19. The van der Waals surface area contributed by atoms with E-state index in [2.05, 4.69) is 46.6 Å². The minimum Gasteiger partial charge on any atom is -0.228 e. The van der Waals surface area contributed by atoms with Crippen molar-refractivity contribution in [2.45, 2.75) is 30.7 Å². The standard InChI is InChI=1S/C12H11NS/c14-7-13-12-6-8-5-11(12)10-4-2-1-3-9(8)10/h1-4,8,11-12H,5-6H2. The van der Waals surface area contributed by atoms with E-state index in [4.69, 9.17) is 0 Å². The predicted octanol–water partition coefficient (Wildman–Crippen LogP) is 3.13. The highest BCUT2D eigenvalue weighted by atomic mass is 32.1. The van der Waals surface area contributed by atoms with Gasteiger partial charge in [0.2, 0.25) is 0 Å². The second-order valence-electron chi connectivity index (χ2n) is 4.19. The summed E-state index contributed by atoms with van der Waals surface area (Å²) in [4.78, 5) is 4.27. The van der Waals surface area contributed by atoms with Crippen molar-refractivity contribution in [3.8, 4) is 0 Å². The van der Waals surface area contributed by atoms with E-state index in [-0.39, 0.29) is 0 Å². The zero-order valence-electron chi connectivity index (χ0n) is 7.81. The van der Waals surface area contributed by atoms with E-state index in [9.17, 15) is 0 Å². The van der Waals surface area contributed by atoms with Gasteiger partial charge in [-0.2, -0.15) is 0 Å². The van der Waals surface area contributed by atoms with Crippen molar-refractivity contribution in [3.63, 3.8) is 0 Å². The largest absolute Gasteiger partial charge is 0.228 e. The van der Waals surface area contributed by atoms with Gasteiger partial charge < -0.3 is 0 Å². The van der Waals surface area contributed by atoms with Crippen LogP contribution < -0.4 is 0 Å². The van der Waals surface area contributed by atoms with Crippen LogP contribution in [-0.4, -0.2) is 11.2 Å². The highest BCUT2D eigenvalue weighted by Gasteiger charge is 2.43. The number of benzene rings is 1. The summed E-state index contributed by atoms with van der Waals surface area (Å²) in [5, 5.41) is 2.53. The first-order valence-electron chi connectivity index (χ1n) is 5.06. The SMILES string of the molecule is S=C=NC1CC2CC1c1ccccc12. The molecule has 0 aromatic heterocycles. The average molecular weight is 201 g/mol. The van der Waals surface area contributed by atoms with Gasteiger partial charge in [-0.15, -0.1) is 0 Å². The van der Waals surface area contributed by atoms with Crippen molar-refractivity contribution in [2.75, 3.05) is 0 Å². The number of hydrogen-bond donors (Lipinski definition) is 0. The summed E-state index contributed by atoms with van der Waals surface area (Å²) >= 11 is 4.69. The Kier molecular flexibility index (Phi) is 1.79. The Morgan fingerprint density at radius 3 is 2.79 bits per heavy atom. The van der Waals surface area contributed by atoms with Gasteiger partial charge in [0, 0.05) is 5.92 Å². The summed E-state index contributed by atoms with van der Waals surface area (Å²) in [6.45, 7) is 0. The number of thiocarbonyl (C=S) groups is 1. The van der Waals surface area contributed by atoms with Gasteiger partial charge in [-0.05, 0) is 42.1 Å². The van der Waals surface area contributed by atoms with E-state index in [0.717, 1.165) is 5.92 Å². The number of isothiocyanates is 1. The minimum absolute atomic E-state index is 0.410. The molecule has 1 aromatic carbocycles. The summed E-state index contributed by atoms with van der Waals surface area (Å²) in [6.07, 6.45) is 2.44. The van der Waals surface area contributed by atoms with E-state index < -0.39 is 0 Å². The third kappa shape index (κ3) is 1.01. The average Bonchev–Trinajstić information content (AvgIpc) is 2.77. The molecule has 0 saturated heterocycles. The first kappa shape index (κ1) is 8.34. The second-order valence-corrected chi connectivity index (χ2v) is 4.37. The topological polar surface area (TPSA) is 12.4 Å². The maximum Gasteiger partial charge on any atom is 0.0677 e. The molecule has 3 unspecified atom stereocenters. The van der Waals surface area contributed by atoms with Gasteiger partial charge in [0.15, 0.2) is 0 Å². The molecule has 0 N–H and O–H groups in total. The van der Waals surface area contributed by atoms with Crippen LogP contribution in [-0.2, 0) is 0 Å². The second kappa shape index (κ2) is 3.01. The van der Waals surface area contributed by atoms with Gasteiger partial charge >= 0.3 is 0 Å². The highest BCUT2D eigenvalue weighted by Crippen LogP contribution is 2.53. The predicted molar refractivity (Wildman–Crippen MR) is 60.0 cm³/mol. The van der Waals surface area contributed by atoms with Crippen molar-refractivity contribution in [3.05, 3.63) is 35.4 Å². The Morgan fingerprint density at radius 2 is 2.00 bits per heavy atom. The molecule has 2 aliphatic rings. The molecule has 0 radical (unpaired) electrons. The number of rotatable bonds is 1. The quantitative estimate of drug-likeness (QED) is 0.502. The van der Waals surface area contributed by atoms with Crippen molar-refractivity contribution in [1.82, 2.24) is 0 Å². The molecule has 1 saturated carbocycles.